The van der Waals surface area contributed by atoms with E-state index < -0.39 is 24.5 Å². The summed E-state index contributed by atoms with van der Waals surface area (Å²) >= 11 is 0. The van der Waals surface area contributed by atoms with Crippen LogP contribution in [0, 0.1) is 0 Å². The molecule has 4 atom stereocenters. The van der Waals surface area contributed by atoms with Gasteiger partial charge in [0.2, 0.25) is 0 Å². The number of hydrogen-bond donors (Lipinski definition) is 3. The van der Waals surface area contributed by atoms with Gasteiger partial charge in [0, 0.05) is 5.69 Å². The molecule has 0 unspecified atom stereocenters. The van der Waals surface area contributed by atoms with Crippen molar-refractivity contribution in [1.29, 1.82) is 0 Å². The number of aliphatic hydroxyl groups is 3. The molecule has 1 saturated heterocycles. The van der Waals surface area contributed by atoms with Gasteiger partial charge in [0.1, 0.15) is 18.3 Å². The summed E-state index contributed by atoms with van der Waals surface area (Å²) in [7, 11) is 0. The summed E-state index contributed by atoms with van der Waals surface area (Å²) in [5.74, 6) is 0. The molecule has 0 amide bonds. The van der Waals surface area contributed by atoms with Gasteiger partial charge >= 0.3 is 0 Å². The molecule has 100 valence electrons. The highest BCUT2D eigenvalue weighted by Crippen LogP contribution is 2.32. The molecule has 2 heterocycles. The number of imidazole rings is 1. The lowest BCUT2D eigenvalue weighted by Gasteiger charge is -2.21. The van der Waals surface area contributed by atoms with E-state index in [0.717, 1.165) is 37.1 Å². The first kappa shape index (κ1) is 12.1. The Bertz CT molecular complexity index is 434. The molecule has 1 aliphatic heterocycles. The van der Waals surface area contributed by atoms with Gasteiger partial charge in [-0.15, -0.1) is 0 Å². The summed E-state index contributed by atoms with van der Waals surface area (Å²) in [4.78, 5) is 4.34. The van der Waals surface area contributed by atoms with Gasteiger partial charge in [0.25, 0.3) is 0 Å². The molecular weight excluding hydrogens is 236 g/mol. The molecule has 1 aliphatic carbocycles. The van der Waals surface area contributed by atoms with Crippen LogP contribution in [0.15, 0.2) is 6.33 Å². The lowest BCUT2D eigenvalue weighted by molar-refractivity contribution is -0.0540. The summed E-state index contributed by atoms with van der Waals surface area (Å²) in [5, 5.41) is 28.8. The molecule has 2 aliphatic rings. The van der Waals surface area contributed by atoms with E-state index in [4.69, 9.17) is 9.84 Å². The summed E-state index contributed by atoms with van der Waals surface area (Å²) in [6, 6.07) is 0. The van der Waals surface area contributed by atoms with Crippen molar-refractivity contribution in [2.75, 3.05) is 6.61 Å². The molecule has 3 rings (SSSR count). The smallest absolute Gasteiger partial charge is 0.164 e. The fourth-order valence-corrected chi connectivity index (χ4v) is 2.82. The average Bonchev–Trinajstić information content (AvgIpc) is 2.93. The highest BCUT2D eigenvalue weighted by atomic mass is 16.6. The van der Waals surface area contributed by atoms with Crippen LogP contribution in [-0.2, 0) is 17.6 Å². The number of hydrogen-bond acceptors (Lipinski definition) is 5. The van der Waals surface area contributed by atoms with Gasteiger partial charge in [-0.2, -0.15) is 0 Å². The quantitative estimate of drug-likeness (QED) is 0.654. The highest BCUT2D eigenvalue weighted by molar-refractivity contribution is 5.17. The highest BCUT2D eigenvalue weighted by Gasteiger charge is 2.44. The normalized spacial score (nSPS) is 35.7. The molecule has 1 fully saturated rings. The van der Waals surface area contributed by atoms with Gasteiger partial charge in [0.15, 0.2) is 6.23 Å². The standard InChI is InChI=1S/C12H18N2O4/c15-5-9-10(16)11(17)12(18-9)14-6-13-7-3-1-2-4-8(7)14/h6,9-12,15-17H,1-5H2/t9-,10+,11+,12+/m0/s1. The Morgan fingerprint density at radius 2 is 2.06 bits per heavy atom. The van der Waals surface area contributed by atoms with Gasteiger partial charge in [-0.3, -0.25) is 0 Å². The maximum atomic E-state index is 10.00. The van der Waals surface area contributed by atoms with E-state index >= 15 is 0 Å². The molecule has 0 bridgehead atoms. The third kappa shape index (κ3) is 1.76. The fourth-order valence-electron chi connectivity index (χ4n) is 2.82. The molecule has 6 heteroatoms. The number of aromatic nitrogens is 2. The third-order valence-electron chi connectivity index (χ3n) is 3.85. The predicted molar refractivity (Wildman–Crippen MR) is 61.9 cm³/mol. The minimum absolute atomic E-state index is 0.300. The molecule has 0 spiro atoms. The molecule has 1 aromatic heterocycles. The Morgan fingerprint density at radius 3 is 2.78 bits per heavy atom. The van der Waals surface area contributed by atoms with Crippen LogP contribution in [0.1, 0.15) is 30.5 Å². The van der Waals surface area contributed by atoms with Crippen molar-refractivity contribution in [2.45, 2.75) is 50.2 Å². The first-order valence-electron chi connectivity index (χ1n) is 6.39. The summed E-state index contributed by atoms with van der Waals surface area (Å²) in [5.41, 5.74) is 2.13. The van der Waals surface area contributed by atoms with Crippen molar-refractivity contribution in [3.63, 3.8) is 0 Å². The molecule has 6 nitrogen and oxygen atoms in total. The van der Waals surface area contributed by atoms with Gasteiger partial charge in [0.05, 0.1) is 18.6 Å². The zero-order valence-electron chi connectivity index (χ0n) is 10.1. The van der Waals surface area contributed by atoms with Crippen LogP contribution in [0.2, 0.25) is 0 Å². The first-order valence-corrected chi connectivity index (χ1v) is 6.39. The first-order chi connectivity index (χ1) is 8.72. The molecular formula is C12H18N2O4. The Kier molecular flexibility index (Phi) is 3.11. The Morgan fingerprint density at radius 1 is 1.28 bits per heavy atom. The monoisotopic (exact) mass is 254 g/mol. The van der Waals surface area contributed by atoms with E-state index in [1.165, 1.54) is 0 Å². The van der Waals surface area contributed by atoms with Crippen LogP contribution in [0.4, 0.5) is 0 Å². The van der Waals surface area contributed by atoms with Gasteiger partial charge < -0.3 is 24.6 Å². The predicted octanol–water partition coefficient (Wildman–Crippen LogP) is -0.627. The fraction of sp³-hybridized carbons (Fsp3) is 0.750. The van der Waals surface area contributed by atoms with E-state index in [1.54, 1.807) is 10.9 Å². The van der Waals surface area contributed by atoms with Crippen LogP contribution in [0.5, 0.6) is 0 Å². The minimum atomic E-state index is -1.05. The van der Waals surface area contributed by atoms with Crippen LogP contribution in [-0.4, -0.2) is 49.8 Å². The maximum absolute atomic E-state index is 10.00. The second-order valence-corrected chi connectivity index (χ2v) is 4.98. The van der Waals surface area contributed by atoms with Crippen LogP contribution in [0.3, 0.4) is 0 Å². The average molecular weight is 254 g/mol. The van der Waals surface area contributed by atoms with Gasteiger partial charge in [-0.25, -0.2) is 4.98 Å². The SMILES string of the molecule is OC[C@@H]1O[C@@H](n2cnc3c2CCCC3)[C@H](O)[C@@H]1O. The van der Waals surface area contributed by atoms with Crippen LogP contribution >= 0.6 is 0 Å². The van der Waals surface area contributed by atoms with E-state index in [0.29, 0.717) is 0 Å². The largest absolute Gasteiger partial charge is 0.394 e. The number of aliphatic hydroxyl groups excluding tert-OH is 3. The third-order valence-corrected chi connectivity index (χ3v) is 3.85. The number of nitrogens with zero attached hydrogens (tertiary/aromatic N) is 2. The molecule has 0 saturated carbocycles. The van der Waals surface area contributed by atoms with Crippen molar-refractivity contribution in [1.82, 2.24) is 9.55 Å². The van der Waals surface area contributed by atoms with E-state index in [9.17, 15) is 10.2 Å². The van der Waals surface area contributed by atoms with Crippen molar-refractivity contribution in [2.24, 2.45) is 0 Å². The lowest BCUT2D eigenvalue weighted by Crippen LogP contribution is -2.33. The van der Waals surface area contributed by atoms with E-state index in [2.05, 4.69) is 4.98 Å². The topological polar surface area (TPSA) is 87.7 Å². The molecule has 0 radical (unpaired) electrons. The lowest BCUT2D eigenvalue weighted by atomic mass is 10.0. The Balaban J connectivity index is 1.89. The molecule has 3 N–H and O–H groups in total. The van der Waals surface area contributed by atoms with Crippen molar-refractivity contribution < 1.29 is 20.1 Å². The Labute approximate surface area is 105 Å². The maximum Gasteiger partial charge on any atom is 0.164 e. The molecule has 18 heavy (non-hydrogen) atoms. The van der Waals surface area contributed by atoms with Crippen molar-refractivity contribution in [3.8, 4) is 0 Å². The van der Waals surface area contributed by atoms with E-state index in [-0.39, 0.29) is 6.61 Å². The second-order valence-electron chi connectivity index (χ2n) is 4.98. The van der Waals surface area contributed by atoms with Gasteiger partial charge in [-0.05, 0) is 25.7 Å². The number of ether oxygens (including phenoxy) is 1. The van der Waals surface area contributed by atoms with Crippen molar-refractivity contribution >= 4 is 0 Å². The number of aryl methyl sites for hydroxylation is 1. The van der Waals surface area contributed by atoms with Crippen LogP contribution in [0.25, 0.3) is 0 Å². The number of fused-ring (bicyclic) bond motifs is 1. The molecule has 1 aromatic rings. The summed E-state index contributed by atoms with van der Waals surface area (Å²) < 4.78 is 7.32. The molecule has 0 aromatic carbocycles. The Hall–Kier alpha value is -0.950. The zero-order chi connectivity index (χ0) is 12.7. The van der Waals surface area contributed by atoms with Crippen LogP contribution < -0.4 is 0 Å². The number of rotatable bonds is 2. The second kappa shape index (κ2) is 4.62. The summed E-state index contributed by atoms with van der Waals surface area (Å²) in [6.07, 6.45) is 2.32. The van der Waals surface area contributed by atoms with E-state index in [1.807, 2.05) is 0 Å². The minimum Gasteiger partial charge on any atom is -0.394 e. The van der Waals surface area contributed by atoms with Gasteiger partial charge in [-0.1, -0.05) is 0 Å². The zero-order valence-corrected chi connectivity index (χ0v) is 10.1. The van der Waals surface area contributed by atoms with Crippen molar-refractivity contribution in [3.05, 3.63) is 17.7 Å². The summed E-state index contributed by atoms with van der Waals surface area (Å²) in [6.45, 7) is -0.300.